The molecule has 0 saturated heterocycles. The molecule has 0 radical (unpaired) electrons. The lowest BCUT2D eigenvalue weighted by atomic mass is 10.1. The second kappa shape index (κ2) is 7.34. The van der Waals surface area contributed by atoms with Crippen molar-refractivity contribution in [2.45, 2.75) is 32.6 Å². The van der Waals surface area contributed by atoms with Crippen molar-refractivity contribution < 1.29 is 14.3 Å². The van der Waals surface area contributed by atoms with E-state index in [2.05, 4.69) is 9.97 Å². The van der Waals surface area contributed by atoms with Gasteiger partial charge in [-0.25, -0.2) is 4.98 Å². The lowest BCUT2D eigenvalue weighted by molar-refractivity contribution is -0.144. The number of hydrogen-bond acceptors (Lipinski definition) is 5. The Hall–Kier alpha value is -3.35. The lowest BCUT2D eigenvalue weighted by Gasteiger charge is -2.34. The van der Waals surface area contributed by atoms with E-state index in [9.17, 15) is 9.59 Å². The molecule has 3 aromatic rings. The van der Waals surface area contributed by atoms with Gasteiger partial charge in [0.15, 0.2) is 11.5 Å². The minimum absolute atomic E-state index is 0.184. The summed E-state index contributed by atoms with van der Waals surface area (Å²) in [7, 11) is 0. The van der Waals surface area contributed by atoms with E-state index in [0.717, 1.165) is 0 Å². The van der Waals surface area contributed by atoms with E-state index in [0.29, 0.717) is 34.8 Å². The van der Waals surface area contributed by atoms with Crippen molar-refractivity contribution in [1.82, 2.24) is 14.9 Å². The van der Waals surface area contributed by atoms with Crippen molar-refractivity contribution in [3.05, 3.63) is 64.7 Å². The predicted molar refractivity (Wildman–Crippen MR) is 104 cm³/mol. The minimum Gasteiger partial charge on any atom is -0.482 e. The molecule has 0 bridgehead atoms. The molecule has 2 atom stereocenters. The Bertz CT molecular complexity index is 1080. The summed E-state index contributed by atoms with van der Waals surface area (Å²) in [5.41, 5.74) is 0.382. The molecule has 2 heterocycles. The highest BCUT2D eigenvalue weighted by Crippen LogP contribution is 2.34. The van der Waals surface area contributed by atoms with Crippen LogP contribution in [0.3, 0.4) is 0 Å². The van der Waals surface area contributed by atoms with Gasteiger partial charge in [0.2, 0.25) is 6.10 Å². The number of carbonyl (C=O) groups excluding carboxylic acids is 1. The molecule has 7 nitrogen and oxygen atoms in total. The number of aromatic amines is 1. The first kappa shape index (κ1) is 18.0. The number of ether oxygens (including phenoxy) is 2. The van der Waals surface area contributed by atoms with Crippen LogP contribution >= 0.6 is 0 Å². The van der Waals surface area contributed by atoms with E-state index in [-0.39, 0.29) is 18.0 Å². The molecule has 0 spiro atoms. The summed E-state index contributed by atoms with van der Waals surface area (Å²) in [6.07, 6.45) is -1.19. The average Bonchev–Trinajstić information content (AvgIpc) is 2.71. The first-order valence-electron chi connectivity index (χ1n) is 9.26. The Morgan fingerprint density at radius 3 is 2.54 bits per heavy atom. The van der Waals surface area contributed by atoms with Crippen molar-refractivity contribution in [3.63, 3.8) is 0 Å². The highest BCUT2D eigenvalue weighted by Gasteiger charge is 2.36. The smallest absolute Gasteiger partial charge is 0.267 e. The summed E-state index contributed by atoms with van der Waals surface area (Å²) in [6, 6.07) is 14.4. The van der Waals surface area contributed by atoms with Gasteiger partial charge in [-0.2, -0.15) is 0 Å². The van der Waals surface area contributed by atoms with Crippen LogP contribution in [0.15, 0.2) is 53.3 Å². The molecular weight excluding hydrogens is 358 g/mol. The number of hydrogen-bond donors (Lipinski definition) is 1. The number of nitrogens with one attached hydrogen (secondary N) is 1. The summed E-state index contributed by atoms with van der Waals surface area (Å²) in [5, 5.41) is 0.523. The highest BCUT2D eigenvalue weighted by atomic mass is 16.6. The van der Waals surface area contributed by atoms with Gasteiger partial charge in [0.1, 0.15) is 11.9 Å². The Labute approximate surface area is 161 Å². The Kier molecular flexibility index (Phi) is 4.73. The van der Waals surface area contributed by atoms with Crippen LogP contribution < -0.4 is 15.0 Å². The minimum atomic E-state index is -0.762. The normalized spacial score (nSPS) is 18.1. The Morgan fingerprint density at radius 1 is 1.11 bits per heavy atom. The molecule has 4 rings (SSSR count). The maximum absolute atomic E-state index is 13.1. The highest BCUT2D eigenvalue weighted by molar-refractivity contribution is 5.82. The molecule has 1 aromatic heterocycles. The molecule has 0 saturated carbocycles. The number of para-hydroxylation sites is 3. The van der Waals surface area contributed by atoms with Crippen molar-refractivity contribution in [3.8, 4) is 11.5 Å². The summed E-state index contributed by atoms with van der Waals surface area (Å²) in [5.74, 6) is 1.40. The molecule has 28 heavy (non-hydrogen) atoms. The number of likely N-dealkylation sites (N-methyl/N-ethyl adjacent to an activating group) is 1. The molecule has 2 aromatic carbocycles. The van der Waals surface area contributed by atoms with Gasteiger partial charge in [-0.05, 0) is 38.1 Å². The number of aromatic nitrogens is 2. The molecule has 2 unspecified atom stereocenters. The van der Waals surface area contributed by atoms with Crippen LogP contribution in [0, 0.1) is 0 Å². The fraction of sp³-hybridized carbons (Fsp3) is 0.286. The van der Waals surface area contributed by atoms with Crippen LogP contribution in [0.25, 0.3) is 10.9 Å². The second-order valence-electron chi connectivity index (χ2n) is 6.69. The molecule has 1 amide bonds. The molecule has 144 valence electrons. The number of amides is 1. The third-order valence-corrected chi connectivity index (χ3v) is 4.78. The molecular formula is C21H21N3O4. The zero-order valence-corrected chi connectivity index (χ0v) is 15.7. The van der Waals surface area contributed by atoms with Crippen LogP contribution in [-0.2, 0) is 11.3 Å². The Balaban J connectivity index is 1.57. The third-order valence-electron chi connectivity index (χ3n) is 4.78. The van der Waals surface area contributed by atoms with E-state index in [1.54, 1.807) is 29.2 Å². The third kappa shape index (κ3) is 3.31. The zero-order chi connectivity index (χ0) is 19.7. The average molecular weight is 379 g/mol. The van der Waals surface area contributed by atoms with Gasteiger partial charge < -0.3 is 19.4 Å². The van der Waals surface area contributed by atoms with E-state index >= 15 is 0 Å². The van der Waals surface area contributed by atoms with Crippen LogP contribution in [0.2, 0.25) is 0 Å². The van der Waals surface area contributed by atoms with Gasteiger partial charge in [-0.3, -0.25) is 9.59 Å². The van der Waals surface area contributed by atoms with Crippen LogP contribution in [-0.4, -0.2) is 39.5 Å². The van der Waals surface area contributed by atoms with E-state index in [1.807, 2.05) is 38.1 Å². The monoisotopic (exact) mass is 379 g/mol. The fourth-order valence-corrected chi connectivity index (χ4v) is 3.31. The number of fused-ring (bicyclic) bond motifs is 2. The molecule has 0 aliphatic carbocycles. The Morgan fingerprint density at radius 2 is 1.79 bits per heavy atom. The SMILES string of the molecule is CCN(Cc1nc2ccccc2c(=O)[nH]1)C(=O)C1Oc2ccccc2OC1C. The van der Waals surface area contributed by atoms with Gasteiger partial charge in [0.25, 0.3) is 11.5 Å². The second-order valence-corrected chi connectivity index (χ2v) is 6.69. The predicted octanol–water partition coefficient (Wildman–Crippen LogP) is 2.50. The van der Waals surface area contributed by atoms with Gasteiger partial charge >= 0.3 is 0 Å². The summed E-state index contributed by atoms with van der Waals surface area (Å²) in [4.78, 5) is 34.2. The standard InChI is InChI=1S/C21H21N3O4/c1-3-24(12-18-22-15-9-5-4-8-14(15)20(25)23-18)21(26)19-13(2)27-16-10-6-7-11-17(16)28-19/h4-11,13,19H,3,12H2,1-2H3,(H,22,23,25). The summed E-state index contributed by atoms with van der Waals surface area (Å²) < 4.78 is 11.8. The summed E-state index contributed by atoms with van der Waals surface area (Å²) >= 11 is 0. The fourth-order valence-electron chi connectivity index (χ4n) is 3.31. The maximum Gasteiger partial charge on any atom is 0.267 e. The number of nitrogens with zero attached hydrogens (tertiary/aromatic N) is 2. The van der Waals surface area contributed by atoms with Crippen LogP contribution in [0.4, 0.5) is 0 Å². The van der Waals surface area contributed by atoms with Crippen molar-refractivity contribution in [2.24, 2.45) is 0 Å². The van der Waals surface area contributed by atoms with E-state index < -0.39 is 12.2 Å². The maximum atomic E-state index is 13.1. The summed E-state index contributed by atoms with van der Waals surface area (Å²) in [6.45, 7) is 4.31. The van der Waals surface area contributed by atoms with Crippen LogP contribution in [0.1, 0.15) is 19.7 Å². The molecule has 1 aliphatic rings. The first-order chi connectivity index (χ1) is 13.6. The first-order valence-corrected chi connectivity index (χ1v) is 9.26. The van der Waals surface area contributed by atoms with E-state index in [1.165, 1.54) is 0 Å². The zero-order valence-electron chi connectivity index (χ0n) is 15.7. The van der Waals surface area contributed by atoms with Gasteiger partial charge in [0.05, 0.1) is 17.4 Å². The number of H-pyrrole nitrogens is 1. The lowest BCUT2D eigenvalue weighted by Crippen LogP contribution is -2.50. The molecule has 1 aliphatic heterocycles. The van der Waals surface area contributed by atoms with Crippen LogP contribution in [0.5, 0.6) is 11.5 Å². The number of benzene rings is 2. The molecule has 0 fully saturated rings. The molecule has 7 heteroatoms. The van der Waals surface area contributed by atoms with Gasteiger partial charge in [-0.1, -0.05) is 24.3 Å². The topological polar surface area (TPSA) is 84.5 Å². The number of rotatable bonds is 4. The quantitative estimate of drug-likeness (QED) is 0.753. The van der Waals surface area contributed by atoms with Gasteiger partial charge in [-0.15, -0.1) is 0 Å². The van der Waals surface area contributed by atoms with Crippen molar-refractivity contribution in [2.75, 3.05) is 6.54 Å². The molecule has 1 N–H and O–H groups in total. The largest absolute Gasteiger partial charge is 0.482 e. The van der Waals surface area contributed by atoms with Crippen molar-refractivity contribution >= 4 is 16.8 Å². The van der Waals surface area contributed by atoms with Crippen molar-refractivity contribution in [1.29, 1.82) is 0 Å². The van der Waals surface area contributed by atoms with E-state index in [4.69, 9.17) is 9.47 Å². The number of carbonyl (C=O) groups is 1. The van der Waals surface area contributed by atoms with Gasteiger partial charge in [0, 0.05) is 6.54 Å².